The number of thiophene rings is 1. The van der Waals surface area contributed by atoms with Gasteiger partial charge in [0, 0.05) is 18.3 Å². The number of carbonyl (C=O) groups is 1. The van der Waals surface area contributed by atoms with Crippen LogP contribution < -0.4 is 10.6 Å². The summed E-state index contributed by atoms with van der Waals surface area (Å²) >= 11 is 1.49. The molecule has 3 nitrogen and oxygen atoms in total. The molecule has 0 saturated heterocycles. The molecule has 0 aliphatic heterocycles. The van der Waals surface area contributed by atoms with E-state index in [1.165, 1.54) is 11.3 Å². The average molecular weight is 302 g/mol. The van der Waals surface area contributed by atoms with Crippen molar-refractivity contribution in [3.63, 3.8) is 0 Å². The number of aryl methyl sites for hydroxylation is 1. The van der Waals surface area contributed by atoms with Crippen LogP contribution in [0.2, 0.25) is 0 Å². The van der Waals surface area contributed by atoms with Crippen LogP contribution in [0.1, 0.15) is 29.1 Å². The fourth-order valence-electron chi connectivity index (χ4n) is 2.09. The molecule has 1 amide bonds. The standard InChI is InChI=1S/C17H22N2OS/c1-12(2)15(19-14-7-5-4-6-8-14)11-18-17(20)16-13(3)9-10-21-16/h4-10,12,15,19H,11H2,1-3H3,(H,18,20). The van der Waals surface area contributed by atoms with Crippen LogP contribution in [0, 0.1) is 12.8 Å². The van der Waals surface area contributed by atoms with Crippen molar-refractivity contribution in [3.8, 4) is 0 Å². The van der Waals surface area contributed by atoms with E-state index in [0.29, 0.717) is 12.5 Å². The summed E-state index contributed by atoms with van der Waals surface area (Å²) in [5.41, 5.74) is 2.12. The van der Waals surface area contributed by atoms with Gasteiger partial charge in [0.1, 0.15) is 0 Å². The van der Waals surface area contributed by atoms with Gasteiger partial charge in [-0.15, -0.1) is 11.3 Å². The van der Waals surface area contributed by atoms with E-state index in [1.54, 1.807) is 0 Å². The van der Waals surface area contributed by atoms with Crippen LogP contribution in [0.25, 0.3) is 0 Å². The molecule has 112 valence electrons. The SMILES string of the molecule is Cc1ccsc1C(=O)NCC(Nc1ccccc1)C(C)C. The van der Waals surface area contributed by atoms with Crippen molar-refractivity contribution in [2.75, 3.05) is 11.9 Å². The molecule has 0 bridgehead atoms. The number of anilines is 1. The molecule has 1 heterocycles. The molecule has 0 aliphatic carbocycles. The van der Waals surface area contributed by atoms with Crippen LogP contribution in [-0.4, -0.2) is 18.5 Å². The second-order valence-corrected chi connectivity index (χ2v) is 6.42. The number of benzene rings is 1. The Bertz CT molecular complexity index is 577. The van der Waals surface area contributed by atoms with E-state index in [0.717, 1.165) is 16.1 Å². The van der Waals surface area contributed by atoms with Crippen molar-refractivity contribution in [1.82, 2.24) is 5.32 Å². The summed E-state index contributed by atoms with van der Waals surface area (Å²) in [6.45, 7) is 6.89. The molecule has 0 saturated carbocycles. The van der Waals surface area contributed by atoms with Crippen LogP contribution in [0.5, 0.6) is 0 Å². The molecule has 1 aromatic carbocycles. The van der Waals surface area contributed by atoms with Gasteiger partial charge in [0.25, 0.3) is 5.91 Å². The maximum absolute atomic E-state index is 12.2. The lowest BCUT2D eigenvalue weighted by atomic mass is 10.0. The van der Waals surface area contributed by atoms with Gasteiger partial charge in [-0.3, -0.25) is 4.79 Å². The Hall–Kier alpha value is -1.81. The number of hydrogen-bond acceptors (Lipinski definition) is 3. The van der Waals surface area contributed by atoms with Gasteiger partial charge in [-0.05, 0) is 42.0 Å². The number of para-hydroxylation sites is 1. The average Bonchev–Trinajstić information content (AvgIpc) is 2.90. The summed E-state index contributed by atoms with van der Waals surface area (Å²) in [6, 6.07) is 12.3. The maximum Gasteiger partial charge on any atom is 0.261 e. The van der Waals surface area contributed by atoms with Gasteiger partial charge in [-0.25, -0.2) is 0 Å². The van der Waals surface area contributed by atoms with Gasteiger partial charge in [0.15, 0.2) is 0 Å². The lowest BCUT2D eigenvalue weighted by Crippen LogP contribution is -2.39. The van der Waals surface area contributed by atoms with Crippen LogP contribution in [0.15, 0.2) is 41.8 Å². The Morgan fingerprint density at radius 1 is 1.19 bits per heavy atom. The number of amides is 1. The Labute approximate surface area is 130 Å². The zero-order chi connectivity index (χ0) is 15.2. The largest absolute Gasteiger partial charge is 0.380 e. The third-order valence-electron chi connectivity index (χ3n) is 3.48. The number of rotatable bonds is 6. The van der Waals surface area contributed by atoms with Gasteiger partial charge >= 0.3 is 0 Å². The highest BCUT2D eigenvalue weighted by Gasteiger charge is 2.16. The topological polar surface area (TPSA) is 41.1 Å². The molecule has 0 fully saturated rings. The fourth-order valence-corrected chi connectivity index (χ4v) is 2.93. The zero-order valence-corrected chi connectivity index (χ0v) is 13.5. The van der Waals surface area contributed by atoms with Gasteiger partial charge in [-0.2, -0.15) is 0 Å². The summed E-state index contributed by atoms with van der Waals surface area (Å²) in [7, 11) is 0. The van der Waals surface area contributed by atoms with E-state index in [1.807, 2.05) is 48.7 Å². The number of hydrogen-bond donors (Lipinski definition) is 2. The lowest BCUT2D eigenvalue weighted by molar-refractivity contribution is 0.0954. The third kappa shape index (κ3) is 4.33. The van der Waals surface area contributed by atoms with Crippen molar-refractivity contribution < 1.29 is 4.79 Å². The molecule has 2 N–H and O–H groups in total. The molecule has 21 heavy (non-hydrogen) atoms. The second kappa shape index (κ2) is 7.27. The molecular formula is C17H22N2OS. The molecule has 0 aliphatic rings. The molecule has 1 unspecified atom stereocenters. The van der Waals surface area contributed by atoms with Crippen LogP contribution in [-0.2, 0) is 0 Å². The molecule has 0 radical (unpaired) electrons. The highest BCUT2D eigenvalue weighted by atomic mass is 32.1. The molecule has 2 rings (SSSR count). The second-order valence-electron chi connectivity index (χ2n) is 5.50. The molecule has 2 aromatic rings. The summed E-state index contributed by atoms with van der Waals surface area (Å²) < 4.78 is 0. The summed E-state index contributed by atoms with van der Waals surface area (Å²) in [6.07, 6.45) is 0. The zero-order valence-electron chi connectivity index (χ0n) is 12.7. The summed E-state index contributed by atoms with van der Waals surface area (Å²) in [5.74, 6) is 0.443. The van der Waals surface area contributed by atoms with Gasteiger partial charge in [0.2, 0.25) is 0 Å². The van der Waals surface area contributed by atoms with E-state index >= 15 is 0 Å². The van der Waals surface area contributed by atoms with E-state index in [2.05, 4.69) is 24.5 Å². The summed E-state index contributed by atoms with van der Waals surface area (Å²) in [5, 5.41) is 8.47. The summed E-state index contributed by atoms with van der Waals surface area (Å²) in [4.78, 5) is 13.0. The molecule has 4 heteroatoms. The highest BCUT2D eigenvalue weighted by molar-refractivity contribution is 7.12. The van der Waals surface area contributed by atoms with Crippen molar-refractivity contribution in [2.24, 2.45) is 5.92 Å². The van der Waals surface area contributed by atoms with Crippen molar-refractivity contribution in [1.29, 1.82) is 0 Å². The Kier molecular flexibility index (Phi) is 5.39. The normalized spacial score (nSPS) is 12.2. The Morgan fingerprint density at radius 2 is 1.90 bits per heavy atom. The smallest absolute Gasteiger partial charge is 0.261 e. The van der Waals surface area contributed by atoms with Crippen LogP contribution in [0.3, 0.4) is 0 Å². The molecule has 1 atom stereocenters. The van der Waals surface area contributed by atoms with Crippen molar-refractivity contribution in [2.45, 2.75) is 26.8 Å². The maximum atomic E-state index is 12.2. The van der Waals surface area contributed by atoms with Gasteiger partial charge in [-0.1, -0.05) is 32.0 Å². The first-order valence-corrected chi connectivity index (χ1v) is 8.09. The van der Waals surface area contributed by atoms with Crippen molar-refractivity contribution in [3.05, 3.63) is 52.2 Å². The highest BCUT2D eigenvalue weighted by Crippen LogP contribution is 2.16. The lowest BCUT2D eigenvalue weighted by Gasteiger charge is -2.24. The minimum atomic E-state index is 0.0167. The third-order valence-corrected chi connectivity index (χ3v) is 4.50. The predicted octanol–water partition coefficient (Wildman–Crippen LogP) is 3.92. The minimum absolute atomic E-state index is 0.0167. The van der Waals surface area contributed by atoms with Crippen LogP contribution in [0.4, 0.5) is 5.69 Å². The monoisotopic (exact) mass is 302 g/mol. The van der Waals surface area contributed by atoms with Crippen LogP contribution >= 0.6 is 11.3 Å². The molecule has 0 spiro atoms. The van der Waals surface area contributed by atoms with E-state index in [9.17, 15) is 4.79 Å². The first-order valence-electron chi connectivity index (χ1n) is 7.22. The van der Waals surface area contributed by atoms with E-state index in [4.69, 9.17) is 0 Å². The number of nitrogens with one attached hydrogen (secondary N) is 2. The number of carbonyl (C=O) groups excluding carboxylic acids is 1. The molecular weight excluding hydrogens is 280 g/mol. The quantitative estimate of drug-likeness (QED) is 0.849. The minimum Gasteiger partial charge on any atom is -0.380 e. The molecule has 1 aromatic heterocycles. The first kappa shape index (κ1) is 15.6. The first-order chi connectivity index (χ1) is 10.1. The van der Waals surface area contributed by atoms with E-state index in [-0.39, 0.29) is 11.9 Å². The predicted molar refractivity (Wildman–Crippen MR) is 90.1 cm³/mol. The fraction of sp³-hybridized carbons (Fsp3) is 0.353. The van der Waals surface area contributed by atoms with Crippen molar-refractivity contribution >= 4 is 22.9 Å². The Morgan fingerprint density at radius 3 is 2.48 bits per heavy atom. The van der Waals surface area contributed by atoms with Gasteiger partial charge < -0.3 is 10.6 Å². The Balaban J connectivity index is 1.95. The van der Waals surface area contributed by atoms with E-state index < -0.39 is 0 Å². The van der Waals surface area contributed by atoms with Gasteiger partial charge in [0.05, 0.1) is 4.88 Å².